The summed E-state index contributed by atoms with van der Waals surface area (Å²) in [5, 5.41) is 5.17. The van der Waals surface area contributed by atoms with Crippen LogP contribution >= 0.6 is 27.3 Å². The predicted molar refractivity (Wildman–Crippen MR) is 69.1 cm³/mol. The first-order valence-electron chi connectivity index (χ1n) is 4.77. The van der Waals surface area contributed by atoms with Gasteiger partial charge in [-0.1, -0.05) is 6.07 Å². The largest absolute Gasteiger partial charge is 0.369 e. The molecule has 0 atom stereocenters. The highest BCUT2D eigenvalue weighted by atomic mass is 79.9. The van der Waals surface area contributed by atoms with E-state index in [1.807, 2.05) is 6.07 Å². The van der Waals surface area contributed by atoms with Crippen molar-refractivity contribution in [2.24, 2.45) is 0 Å². The van der Waals surface area contributed by atoms with Crippen molar-refractivity contribution in [3.63, 3.8) is 0 Å². The Bertz CT molecular complexity index is 509. The van der Waals surface area contributed by atoms with Crippen LogP contribution < -0.4 is 10.9 Å². The highest BCUT2D eigenvalue weighted by Gasteiger charge is 2.03. The van der Waals surface area contributed by atoms with Gasteiger partial charge < -0.3 is 10.3 Å². The van der Waals surface area contributed by atoms with Crippen LogP contribution in [0.4, 0.5) is 5.82 Å². The van der Waals surface area contributed by atoms with E-state index in [1.165, 1.54) is 11.2 Å². The molecule has 0 unspecified atom stereocenters. The number of thiophene rings is 1. The fourth-order valence-electron chi connectivity index (χ4n) is 1.27. The average Bonchev–Trinajstić information content (AvgIpc) is 2.77. The van der Waals surface area contributed by atoms with Crippen molar-refractivity contribution >= 4 is 33.1 Å². The van der Waals surface area contributed by atoms with E-state index in [9.17, 15) is 4.79 Å². The minimum absolute atomic E-state index is 0.173. The van der Waals surface area contributed by atoms with Gasteiger partial charge >= 0.3 is 0 Å². The number of hydrogen-bond acceptors (Lipinski definition) is 4. The fourth-order valence-corrected chi connectivity index (χ4v) is 2.33. The molecule has 0 aliphatic carbocycles. The molecule has 84 valence electrons. The average molecular weight is 300 g/mol. The number of H-pyrrole nitrogens is 1. The molecule has 2 aromatic rings. The number of rotatable bonds is 4. The Labute approximate surface area is 105 Å². The number of anilines is 1. The van der Waals surface area contributed by atoms with Crippen LogP contribution in [0, 0.1) is 0 Å². The molecule has 2 N–H and O–H groups in total. The second kappa shape index (κ2) is 5.27. The van der Waals surface area contributed by atoms with Crippen LogP contribution in [0.1, 0.15) is 4.88 Å². The summed E-state index contributed by atoms with van der Waals surface area (Å²) in [6.07, 6.45) is 2.32. The number of hydrogen-bond donors (Lipinski definition) is 2. The van der Waals surface area contributed by atoms with Crippen LogP contribution in [0.5, 0.6) is 0 Å². The van der Waals surface area contributed by atoms with E-state index in [-0.39, 0.29) is 5.56 Å². The van der Waals surface area contributed by atoms with Crippen LogP contribution in [-0.2, 0) is 6.42 Å². The van der Waals surface area contributed by atoms with Crippen molar-refractivity contribution in [1.82, 2.24) is 9.97 Å². The summed E-state index contributed by atoms with van der Waals surface area (Å²) in [6, 6.07) is 4.12. The number of halogens is 1. The van der Waals surface area contributed by atoms with Gasteiger partial charge in [0.2, 0.25) is 0 Å². The Morgan fingerprint density at radius 1 is 1.56 bits per heavy atom. The number of nitrogens with zero attached hydrogens (tertiary/aromatic N) is 1. The van der Waals surface area contributed by atoms with Gasteiger partial charge in [0.15, 0.2) is 0 Å². The zero-order valence-corrected chi connectivity index (χ0v) is 10.8. The third-order valence-electron chi connectivity index (χ3n) is 2.04. The normalized spacial score (nSPS) is 10.3. The van der Waals surface area contributed by atoms with E-state index >= 15 is 0 Å². The molecular weight excluding hydrogens is 290 g/mol. The Morgan fingerprint density at radius 2 is 2.44 bits per heavy atom. The molecule has 0 aromatic carbocycles. The number of aromatic nitrogens is 2. The fraction of sp³-hybridized carbons (Fsp3) is 0.200. The molecule has 2 aromatic heterocycles. The van der Waals surface area contributed by atoms with E-state index < -0.39 is 0 Å². The van der Waals surface area contributed by atoms with Crippen molar-refractivity contribution in [2.75, 3.05) is 11.9 Å². The maximum Gasteiger partial charge on any atom is 0.267 e. The molecule has 2 heterocycles. The van der Waals surface area contributed by atoms with Crippen LogP contribution in [0.3, 0.4) is 0 Å². The van der Waals surface area contributed by atoms with Gasteiger partial charge in [0, 0.05) is 11.4 Å². The lowest BCUT2D eigenvalue weighted by atomic mass is 10.3. The van der Waals surface area contributed by atoms with Crippen molar-refractivity contribution in [2.45, 2.75) is 6.42 Å². The maximum absolute atomic E-state index is 11.3. The lowest BCUT2D eigenvalue weighted by Gasteiger charge is -2.05. The third-order valence-corrected chi connectivity index (χ3v) is 3.71. The molecule has 6 heteroatoms. The molecule has 2 rings (SSSR count). The van der Waals surface area contributed by atoms with Gasteiger partial charge in [-0.2, -0.15) is 0 Å². The second-order valence-corrected chi connectivity index (χ2v) is 4.98. The molecule has 0 saturated heterocycles. The third kappa shape index (κ3) is 2.70. The second-order valence-electron chi connectivity index (χ2n) is 3.15. The summed E-state index contributed by atoms with van der Waals surface area (Å²) in [7, 11) is 0. The van der Waals surface area contributed by atoms with E-state index in [0.717, 1.165) is 13.0 Å². The minimum Gasteiger partial charge on any atom is -0.369 e. The zero-order chi connectivity index (χ0) is 11.4. The molecule has 0 aliphatic rings. The van der Waals surface area contributed by atoms with Gasteiger partial charge in [0.25, 0.3) is 5.56 Å². The summed E-state index contributed by atoms with van der Waals surface area (Å²) in [5.74, 6) is 0.584. The summed E-state index contributed by atoms with van der Waals surface area (Å²) in [6.45, 7) is 0.759. The summed E-state index contributed by atoms with van der Waals surface area (Å²) < 4.78 is 0.446. The van der Waals surface area contributed by atoms with Gasteiger partial charge in [-0.15, -0.1) is 11.3 Å². The highest BCUT2D eigenvalue weighted by molar-refractivity contribution is 9.10. The summed E-state index contributed by atoms with van der Waals surface area (Å²) in [4.78, 5) is 19.1. The van der Waals surface area contributed by atoms with E-state index in [0.29, 0.717) is 10.3 Å². The first kappa shape index (κ1) is 11.3. The Balaban J connectivity index is 1.95. The number of nitrogens with one attached hydrogen (secondary N) is 2. The molecular formula is C10H10BrN3OS. The Morgan fingerprint density at radius 3 is 3.19 bits per heavy atom. The molecule has 0 spiro atoms. The lowest BCUT2D eigenvalue weighted by molar-refractivity contribution is 1.00. The van der Waals surface area contributed by atoms with Gasteiger partial charge in [-0.05, 0) is 33.8 Å². The highest BCUT2D eigenvalue weighted by Crippen LogP contribution is 2.14. The van der Waals surface area contributed by atoms with Crippen molar-refractivity contribution in [3.05, 3.63) is 43.5 Å². The maximum atomic E-state index is 11.3. The van der Waals surface area contributed by atoms with E-state index in [2.05, 4.69) is 42.7 Å². The first-order valence-corrected chi connectivity index (χ1v) is 6.44. The minimum atomic E-state index is -0.173. The molecule has 4 nitrogen and oxygen atoms in total. The van der Waals surface area contributed by atoms with Crippen LogP contribution in [0.2, 0.25) is 0 Å². The standard InChI is InChI=1S/C10H10BrN3OS/c11-8-9(13-6-14-10(8)15)12-4-3-7-2-1-5-16-7/h1-2,5-6H,3-4H2,(H2,12,13,14,15). The topological polar surface area (TPSA) is 57.8 Å². The summed E-state index contributed by atoms with van der Waals surface area (Å²) >= 11 is 4.92. The van der Waals surface area contributed by atoms with Crippen molar-refractivity contribution in [1.29, 1.82) is 0 Å². The van der Waals surface area contributed by atoms with E-state index in [1.54, 1.807) is 11.3 Å². The van der Waals surface area contributed by atoms with Crippen LogP contribution in [-0.4, -0.2) is 16.5 Å². The van der Waals surface area contributed by atoms with Crippen molar-refractivity contribution in [3.8, 4) is 0 Å². The molecule has 0 saturated carbocycles. The van der Waals surface area contributed by atoms with Crippen LogP contribution in [0.15, 0.2) is 33.1 Å². The van der Waals surface area contributed by atoms with Gasteiger partial charge in [0.05, 0.1) is 6.33 Å². The Kier molecular flexibility index (Phi) is 3.74. The quantitative estimate of drug-likeness (QED) is 0.910. The lowest BCUT2D eigenvalue weighted by Crippen LogP contribution is -2.13. The van der Waals surface area contributed by atoms with Crippen LogP contribution in [0.25, 0.3) is 0 Å². The monoisotopic (exact) mass is 299 g/mol. The van der Waals surface area contributed by atoms with E-state index in [4.69, 9.17) is 0 Å². The smallest absolute Gasteiger partial charge is 0.267 e. The summed E-state index contributed by atoms with van der Waals surface area (Å²) in [5.41, 5.74) is -0.173. The SMILES string of the molecule is O=c1[nH]cnc(NCCc2cccs2)c1Br. The predicted octanol–water partition coefficient (Wildman–Crippen LogP) is 2.25. The Hall–Kier alpha value is -1.14. The zero-order valence-electron chi connectivity index (χ0n) is 8.37. The molecule has 0 radical (unpaired) electrons. The molecule has 0 aliphatic heterocycles. The van der Waals surface area contributed by atoms with Gasteiger partial charge in [-0.25, -0.2) is 4.98 Å². The van der Waals surface area contributed by atoms with Gasteiger partial charge in [0.1, 0.15) is 10.3 Å². The van der Waals surface area contributed by atoms with Crippen molar-refractivity contribution < 1.29 is 0 Å². The number of aromatic amines is 1. The molecule has 0 amide bonds. The first-order chi connectivity index (χ1) is 7.77. The van der Waals surface area contributed by atoms with Gasteiger partial charge in [-0.3, -0.25) is 4.79 Å². The molecule has 0 bridgehead atoms. The molecule has 0 fully saturated rings. The molecule has 16 heavy (non-hydrogen) atoms.